The summed E-state index contributed by atoms with van der Waals surface area (Å²) in [6.07, 6.45) is 0.356. The summed E-state index contributed by atoms with van der Waals surface area (Å²) in [5.41, 5.74) is 1.81. The molecule has 3 atom stereocenters. The van der Waals surface area contributed by atoms with Crippen molar-refractivity contribution in [3.63, 3.8) is 0 Å². The number of likely N-dealkylation sites (tertiary alicyclic amines) is 1. The van der Waals surface area contributed by atoms with Gasteiger partial charge in [-0.25, -0.2) is 4.79 Å². The number of nitrogens with zero attached hydrogens (tertiary/aromatic N) is 1. The molecular formula is C26H31N3O5. The third kappa shape index (κ3) is 6.43. The molecule has 2 aromatic carbocycles. The monoisotopic (exact) mass is 465 g/mol. The van der Waals surface area contributed by atoms with Crippen LogP contribution in [-0.4, -0.2) is 47.2 Å². The van der Waals surface area contributed by atoms with E-state index in [1.165, 1.54) is 11.8 Å². The smallest absolute Gasteiger partial charge is 0.329 e. The largest absolute Gasteiger partial charge is 0.459 e. The summed E-state index contributed by atoms with van der Waals surface area (Å²) in [5.74, 6) is -1.80. The Morgan fingerprint density at radius 1 is 0.971 bits per heavy atom. The Morgan fingerprint density at radius 3 is 2.18 bits per heavy atom. The zero-order valence-electron chi connectivity index (χ0n) is 19.7. The second-order valence-electron chi connectivity index (χ2n) is 8.77. The minimum absolute atomic E-state index is 0.109. The molecule has 1 heterocycles. The first-order valence-electron chi connectivity index (χ1n) is 11.4. The van der Waals surface area contributed by atoms with Crippen LogP contribution >= 0.6 is 0 Å². The lowest BCUT2D eigenvalue weighted by atomic mass is 9.94. The number of β-lactam (4-membered cyclic amide) rings is 1. The van der Waals surface area contributed by atoms with Crippen molar-refractivity contribution >= 4 is 23.7 Å². The number of rotatable bonds is 10. The zero-order valence-corrected chi connectivity index (χ0v) is 19.7. The minimum atomic E-state index is -0.887. The molecule has 1 aliphatic heterocycles. The van der Waals surface area contributed by atoms with Crippen molar-refractivity contribution in [2.75, 3.05) is 6.54 Å². The molecule has 2 aromatic rings. The molecule has 0 unspecified atom stereocenters. The Kier molecular flexibility index (Phi) is 8.40. The van der Waals surface area contributed by atoms with E-state index >= 15 is 0 Å². The Hall–Kier alpha value is -3.68. The van der Waals surface area contributed by atoms with E-state index in [0.29, 0.717) is 6.42 Å². The van der Waals surface area contributed by atoms with Crippen molar-refractivity contribution in [2.24, 2.45) is 5.92 Å². The highest BCUT2D eigenvalue weighted by molar-refractivity contribution is 5.93. The van der Waals surface area contributed by atoms with Gasteiger partial charge >= 0.3 is 5.97 Å². The highest BCUT2D eigenvalue weighted by Gasteiger charge is 2.38. The van der Waals surface area contributed by atoms with Gasteiger partial charge in [-0.3, -0.25) is 14.4 Å². The summed E-state index contributed by atoms with van der Waals surface area (Å²) in [6.45, 7) is 5.11. The number of amides is 3. The molecule has 180 valence electrons. The van der Waals surface area contributed by atoms with Crippen LogP contribution in [0.25, 0.3) is 0 Å². The van der Waals surface area contributed by atoms with Crippen molar-refractivity contribution < 1.29 is 23.9 Å². The molecule has 1 aliphatic rings. The number of esters is 1. The lowest BCUT2D eigenvalue weighted by molar-refractivity contribution is -0.151. The molecule has 1 saturated heterocycles. The van der Waals surface area contributed by atoms with Gasteiger partial charge in [-0.05, 0) is 24.0 Å². The molecule has 0 aliphatic carbocycles. The summed E-state index contributed by atoms with van der Waals surface area (Å²) in [6, 6.07) is 16.9. The number of carbonyl (C=O) groups is 4. The minimum Gasteiger partial charge on any atom is -0.459 e. The van der Waals surface area contributed by atoms with Crippen LogP contribution in [0.4, 0.5) is 0 Å². The lowest BCUT2D eigenvalue weighted by Crippen LogP contribution is -2.55. The van der Waals surface area contributed by atoms with Crippen LogP contribution in [0.15, 0.2) is 60.7 Å². The predicted molar refractivity (Wildman–Crippen MR) is 126 cm³/mol. The Labute approximate surface area is 199 Å². The van der Waals surface area contributed by atoms with Crippen molar-refractivity contribution in [1.82, 2.24) is 15.5 Å². The first-order chi connectivity index (χ1) is 16.3. The summed E-state index contributed by atoms with van der Waals surface area (Å²) in [5, 5.41) is 5.29. The number of benzene rings is 2. The highest BCUT2D eigenvalue weighted by atomic mass is 16.5. The summed E-state index contributed by atoms with van der Waals surface area (Å²) in [7, 11) is 0. The fourth-order valence-electron chi connectivity index (χ4n) is 3.73. The fraction of sp³-hybridized carbons (Fsp3) is 0.385. The second kappa shape index (κ2) is 11.4. The van der Waals surface area contributed by atoms with Crippen LogP contribution in [0.3, 0.4) is 0 Å². The van der Waals surface area contributed by atoms with E-state index in [2.05, 4.69) is 10.6 Å². The number of nitrogens with one attached hydrogen (secondary N) is 2. The zero-order chi connectivity index (χ0) is 24.7. The van der Waals surface area contributed by atoms with Gasteiger partial charge < -0.3 is 20.3 Å². The SMILES string of the molecule is CC(C)[C@H](NC(=O)[C@H](C)NC(=O)CN1C(=O)C[C@@H]1c1ccccc1)C(=O)OCc1ccccc1. The van der Waals surface area contributed by atoms with Crippen LogP contribution < -0.4 is 10.6 Å². The first kappa shape index (κ1) is 25.0. The Bertz CT molecular complexity index is 1010. The van der Waals surface area contributed by atoms with Gasteiger partial charge in [0.05, 0.1) is 12.5 Å². The first-order valence-corrected chi connectivity index (χ1v) is 11.4. The molecule has 0 bridgehead atoms. The van der Waals surface area contributed by atoms with E-state index in [0.717, 1.165) is 11.1 Å². The van der Waals surface area contributed by atoms with Crippen LogP contribution in [0.5, 0.6) is 0 Å². The van der Waals surface area contributed by atoms with Crippen molar-refractivity contribution in [3.8, 4) is 0 Å². The molecule has 8 heteroatoms. The maximum absolute atomic E-state index is 12.7. The van der Waals surface area contributed by atoms with E-state index in [-0.39, 0.29) is 31.0 Å². The standard InChI is InChI=1S/C26H31N3O5/c1-17(2)24(26(33)34-16-19-10-6-4-7-11-19)28-25(32)18(3)27-22(30)15-29-21(14-23(29)31)20-12-8-5-9-13-20/h4-13,17-18,21,24H,14-16H2,1-3H3,(H,27,30)(H,28,32)/t18-,21+,24-/m0/s1. The second-order valence-corrected chi connectivity index (χ2v) is 8.77. The molecule has 0 aromatic heterocycles. The van der Waals surface area contributed by atoms with Crippen LogP contribution in [0.1, 0.15) is 44.4 Å². The molecule has 0 spiro atoms. The van der Waals surface area contributed by atoms with Gasteiger partial charge in [0.1, 0.15) is 25.2 Å². The van der Waals surface area contributed by atoms with Gasteiger partial charge in [-0.1, -0.05) is 74.5 Å². The van der Waals surface area contributed by atoms with E-state index in [1.807, 2.05) is 60.7 Å². The van der Waals surface area contributed by atoms with Crippen molar-refractivity contribution in [1.29, 1.82) is 0 Å². The van der Waals surface area contributed by atoms with Crippen LogP contribution in [0, 0.1) is 5.92 Å². The lowest BCUT2D eigenvalue weighted by Gasteiger charge is -2.40. The van der Waals surface area contributed by atoms with Gasteiger partial charge in [0.2, 0.25) is 17.7 Å². The normalized spacial score (nSPS) is 16.9. The Morgan fingerprint density at radius 2 is 1.59 bits per heavy atom. The van der Waals surface area contributed by atoms with Gasteiger partial charge in [0.25, 0.3) is 0 Å². The molecule has 2 N–H and O–H groups in total. The van der Waals surface area contributed by atoms with Crippen molar-refractivity contribution in [2.45, 2.75) is 51.9 Å². The molecule has 3 amide bonds. The van der Waals surface area contributed by atoms with Crippen LogP contribution in [-0.2, 0) is 30.5 Å². The number of ether oxygens (including phenoxy) is 1. The average molecular weight is 466 g/mol. The summed E-state index contributed by atoms with van der Waals surface area (Å²) in [4.78, 5) is 51.3. The third-order valence-electron chi connectivity index (χ3n) is 5.78. The Balaban J connectivity index is 1.50. The van der Waals surface area contributed by atoms with E-state index in [4.69, 9.17) is 4.74 Å². The quantitative estimate of drug-likeness (QED) is 0.414. The van der Waals surface area contributed by atoms with Crippen LogP contribution in [0.2, 0.25) is 0 Å². The molecular weight excluding hydrogens is 434 g/mol. The van der Waals surface area contributed by atoms with E-state index < -0.39 is 29.9 Å². The predicted octanol–water partition coefficient (Wildman–Crippen LogP) is 2.35. The van der Waals surface area contributed by atoms with E-state index in [9.17, 15) is 19.2 Å². The summed E-state index contributed by atoms with van der Waals surface area (Å²) >= 11 is 0. The number of carbonyl (C=O) groups excluding carboxylic acids is 4. The maximum atomic E-state index is 12.7. The molecule has 34 heavy (non-hydrogen) atoms. The fourth-order valence-corrected chi connectivity index (χ4v) is 3.73. The number of hydrogen-bond donors (Lipinski definition) is 2. The van der Waals surface area contributed by atoms with E-state index in [1.54, 1.807) is 13.8 Å². The van der Waals surface area contributed by atoms with Gasteiger partial charge in [0, 0.05) is 0 Å². The molecule has 8 nitrogen and oxygen atoms in total. The third-order valence-corrected chi connectivity index (χ3v) is 5.78. The highest BCUT2D eigenvalue weighted by Crippen LogP contribution is 2.33. The van der Waals surface area contributed by atoms with Gasteiger partial charge in [0.15, 0.2) is 0 Å². The summed E-state index contributed by atoms with van der Waals surface area (Å²) < 4.78 is 5.37. The number of hydrogen-bond acceptors (Lipinski definition) is 5. The maximum Gasteiger partial charge on any atom is 0.329 e. The molecule has 1 fully saturated rings. The molecule has 3 rings (SSSR count). The van der Waals surface area contributed by atoms with Crippen molar-refractivity contribution in [3.05, 3.63) is 71.8 Å². The molecule has 0 saturated carbocycles. The van der Waals surface area contributed by atoms with Gasteiger partial charge in [-0.15, -0.1) is 0 Å². The molecule has 0 radical (unpaired) electrons. The average Bonchev–Trinajstić information content (AvgIpc) is 2.83. The van der Waals surface area contributed by atoms with Gasteiger partial charge in [-0.2, -0.15) is 0 Å². The topological polar surface area (TPSA) is 105 Å².